The van der Waals surface area contributed by atoms with Gasteiger partial charge in [-0.25, -0.2) is 0 Å². The Balaban J connectivity index is 1.57. The number of carboxylic acid groups (broad SMARTS) is 1. The number of hydrogen-bond acceptors (Lipinski definition) is 4. The first-order valence-electron chi connectivity index (χ1n) is 15.0. The maximum Gasteiger partial charge on any atom is 0.308 e. The summed E-state index contributed by atoms with van der Waals surface area (Å²) in [5.74, 6) is -0.501. The number of likely N-dealkylation sites (tertiary alicyclic amines) is 1. The molecule has 0 spiro atoms. The van der Waals surface area contributed by atoms with Gasteiger partial charge in [-0.2, -0.15) is 0 Å². The summed E-state index contributed by atoms with van der Waals surface area (Å²) < 4.78 is 8.68. The summed E-state index contributed by atoms with van der Waals surface area (Å²) in [6, 6.07) is 10.1. The highest BCUT2D eigenvalue weighted by molar-refractivity contribution is 5.79. The van der Waals surface area contributed by atoms with E-state index in [1.807, 2.05) is 36.3 Å². The molecule has 1 aromatic heterocycles. The minimum Gasteiger partial charge on any atom is -0.493 e. The lowest BCUT2D eigenvalue weighted by Gasteiger charge is -2.31. The van der Waals surface area contributed by atoms with Gasteiger partial charge in [-0.3, -0.25) is 14.5 Å². The van der Waals surface area contributed by atoms with Crippen LogP contribution in [0.25, 0.3) is 0 Å². The van der Waals surface area contributed by atoms with Gasteiger partial charge in [0.2, 0.25) is 5.91 Å². The Bertz CT molecular complexity index is 1150. The van der Waals surface area contributed by atoms with E-state index in [0.717, 1.165) is 73.1 Å². The highest BCUT2D eigenvalue weighted by atomic mass is 16.5. The van der Waals surface area contributed by atoms with Crippen LogP contribution >= 0.6 is 0 Å². The third kappa shape index (κ3) is 7.46. The van der Waals surface area contributed by atoms with Gasteiger partial charge >= 0.3 is 5.97 Å². The van der Waals surface area contributed by atoms with Crippen molar-refractivity contribution in [1.82, 2.24) is 14.4 Å². The van der Waals surface area contributed by atoms with Crippen LogP contribution in [0, 0.1) is 5.92 Å². The predicted molar refractivity (Wildman–Crippen MR) is 158 cm³/mol. The highest BCUT2D eigenvalue weighted by Crippen LogP contribution is 2.41. The van der Waals surface area contributed by atoms with Crippen LogP contribution in [-0.2, 0) is 29.5 Å². The van der Waals surface area contributed by atoms with E-state index in [0.29, 0.717) is 19.6 Å². The van der Waals surface area contributed by atoms with Crippen LogP contribution in [0.2, 0.25) is 0 Å². The minimum absolute atomic E-state index is 0.117. The molecule has 2 aliphatic heterocycles. The van der Waals surface area contributed by atoms with E-state index in [9.17, 15) is 14.7 Å². The molecule has 1 fully saturated rings. The van der Waals surface area contributed by atoms with Crippen molar-refractivity contribution in [2.24, 2.45) is 13.0 Å². The summed E-state index contributed by atoms with van der Waals surface area (Å²) in [5, 5.41) is 10.5. The molecule has 3 heterocycles. The van der Waals surface area contributed by atoms with E-state index in [1.54, 1.807) is 0 Å². The van der Waals surface area contributed by atoms with Gasteiger partial charge < -0.3 is 23.8 Å². The molecule has 3 unspecified atom stereocenters. The first-order valence-corrected chi connectivity index (χ1v) is 15.0. The second kappa shape index (κ2) is 13.2. The number of nitrogens with zero attached hydrogens (tertiary/aromatic N) is 4. The molecule has 8 heteroatoms. The Hall–Kier alpha value is -2.84. The summed E-state index contributed by atoms with van der Waals surface area (Å²) >= 11 is 0. The third-order valence-electron chi connectivity index (χ3n) is 8.65. The zero-order valence-electron chi connectivity index (χ0n) is 25.1. The molecule has 1 N–H and O–H groups in total. The van der Waals surface area contributed by atoms with Gasteiger partial charge in [0.15, 0.2) is 0 Å². The molecule has 40 heavy (non-hydrogen) atoms. The van der Waals surface area contributed by atoms with Crippen LogP contribution < -0.4 is 4.74 Å². The number of aryl methyl sites for hydroxylation is 2. The van der Waals surface area contributed by atoms with Gasteiger partial charge in [0.1, 0.15) is 5.75 Å². The molecular formula is C32H49N4O4+. The molecule has 0 aliphatic carbocycles. The number of aliphatic carboxylic acids is 1. The quantitative estimate of drug-likeness (QED) is 0.361. The van der Waals surface area contributed by atoms with Gasteiger partial charge in [-0.05, 0) is 48.6 Å². The second-order valence-electron chi connectivity index (χ2n) is 12.7. The van der Waals surface area contributed by atoms with Crippen LogP contribution in [0.15, 0.2) is 36.5 Å². The van der Waals surface area contributed by atoms with Crippen LogP contribution in [0.4, 0.5) is 0 Å². The molecule has 0 radical (unpaired) electrons. The fraction of sp³-hybridized carbons (Fsp3) is 0.625. The van der Waals surface area contributed by atoms with Gasteiger partial charge in [0.05, 0.1) is 46.8 Å². The Morgan fingerprint density at radius 3 is 2.60 bits per heavy atom. The van der Waals surface area contributed by atoms with Gasteiger partial charge in [0, 0.05) is 63.4 Å². The molecule has 0 bridgehead atoms. The molecule has 2 aromatic rings. The van der Waals surface area contributed by atoms with Gasteiger partial charge in [-0.1, -0.05) is 25.5 Å². The zero-order valence-corrected chi connectivity index (χ0v) is 25.1. The van der Waals surface area contributed by atoms with Crippen molar-refractivity contribution >= 4 is 11.9 Å². The van der Waals surface area contributed by atoms with Crippen molar-refractivity contribution in [2.75, 3.05) is 60.5 Å². The smallest absolute Gasteiger partial charge is 0.308 e. The Kier molecular flexibility index (Phi) is 9.95. The summed E-state index contributed by atoms with van der Waals surface area (Å²) in [6.07, 6.45) is 7.31. The Morgan fingerprint density at radius 2 is 1.93 bits per heavy atom. The van der Waals surface area contributed by atoms with Crippen LogP contribution in [-0.4, -0.2) is 102 Å². The van der Waals surface area contributed by atoms with Gasteiger partial charge in [0.25, 0.3) is 0 Å². The number of unbranched alkanes of at least 4 members (excludes halogenated alkanes) is 1. The number of fused-ring (bicyclic) bond motifs is 1. The topological polar surface area (TPSA) is 75.0 Å². The molecule has 1 saturated heterocycles. The lowest BCUT2D eigenvalue weighted by atomic mass is 9.83. The molecule has 2 aliphatic rings. The van der Waals surface area contributed by atoms with Crippen molar-refractivity contribution in [3.63, 3.8) is 0 Å². The number of hydrogen-bond donors (Lipinski definition) is 1. The molecule has 0 saturated carbocycles. The zero-order chi connectivity index (χ0) is 28.9. The number of aromatic nitrogens is 1. The number of benzene rings is 1. The fourth-order valence-corrected chi connectivity index (χ4v) is 6.40. The molecule has 220 valence electrons. The first kappa shape index (κ1) is 30.1. The SMILES string of the molecule is CCCCN(CCC[N+](C)(C)C)C(=O)CN1CC(c2ccc3c(c2)CCO3)C(C(=O)O)C1CCc1cccn1C. The largest absolute Gasteiger partial charge is 0.493 e. The van der Waals surface area contributed by atoms with E-state index in [-0.39, 0.29) is 24.4 Å². The van der Waals surface area contributed by atoms with Crippen molar-refractivity contribution in [3.05, 3.63) is 53.3 Å². The number of ether oxygens (including phenoxy) is 1. The standard InChI is InChI=1S/C32H48N4O4/c1-6-7-17-34(18-9-19-36(3,4)5)30(37)23-35-22-27(24-11-14-29-25(21-24)15-20-40-29)31(32(38)39)28(35)13-12-26-10-8-16-33(26)2/h8,10-11,14,16,21,27-28,31H,6-7,9,12-13,15,17-20,22-23H2,1-5H3/p+1. The molecule has 1 amide bonds. The number of rotatable bonds is 14. The average Bonchev–Trinajstić information content (AvgIpc) is 3.62. The Labute approximate surface area is 240 Å². The normalized spacial score (nSPS) is 20.9. The number of carbonyl (C=O) groups is 2. The lowest BCUT2D eigenvalue weighted by molar-refractivity contribution is -0.870. The van der Waals surface area contributed by atoms with Crippen molar-refractivity contribution in [2.45, 2.75) is 57.4 Å². The number of amides is 1. The van der Waals surface area contributed by atoms with E-state index in [2.05, 4.69) is 49.7 Å². The number of carbonyl (C=O) groups excluding carboxylic acids is 1. The lowest BCUT2D eigenvalue weighted by Crippen LogP contribution is -2.45. The van der Waals surface area contributed by atoms with E-state index in [4.69, 9.17) is 4.74 Å². The molecule has 4 rings (SSSR count). The number of quaternary nitrogens is 1. The maximum atomic E-state index is 13.8. The van der Waals surface area contributed by atoms with Crippen LogP contribution in [0.1, 0.15) is 55.3 Å². The van der Waals surface area contributed by atoms with Crippen LogP contribution in [0.3, 0.4) is 0 Å². The summed E-state index contributed by atoms with van der Waals surface area (Å²) in [6.45, 7) is 6.16. The fourth-order valence-electron chi connectivity index (χ4n) is 6.40. The monoisotopic (exact) mass is 553 g/mol. The van der Waals surface area contributed by atoms with E-state index < -0.39 is 11.9 Å². The van der Waals surface area contributed by atoms with Gasteiger partial charge in [-0.15, -0.1) is 0 Å². The first-order chi connectivity index (χ1) is 19.1. The summed E-state index contributed by atoms with van der Waals surface area (Å²) in [5.41, 5.74) is 3.37. The molecule has 3 atom stereocenters. The number of carboxylic acids is 1. The van der Waals surface area contributed by atoms with E-state index in [1.165, 1.54) is 5.69 Å². The third-order valence-corrected chi connectivity index (χ3v) is 8.65. The van der Waals surface area contributed by atoms with E-state index >= 15 is 0 Å². The van der Waals surface area contributed by atoms with Crippen molar-refractivity contribution in [3.8, 4) is 5.75 Å². The van der Waals surface area contributed by atoms with Crippen molar-refractivity contribution < 1.29 is 23.9 Å². The van der Waals surface area contributed by atoms with Crippen molar-refractivity contribution in [1.29, 1.82) is 0 Å². The summed E-state index contributed by atoms with van der Waals surface area (Å²) in [4.78, 5) is 30.8. The summed E-state index contributed by atoms with van der Waals surface area (Å²) in [7, 11) is 8.56. The molecule has 1 aromatic carbocycles. The van der Waals surface area contributed by atoms with Crippen LogP contribution in [0.5, 0.6) is 5.75 Å². The highest BCUT2D eigenvalue weighted by Gasteiger charge is 2.47. The Morgan fingerprint density at radius 1 is 1.15 bits per heavy atom. The minimum atomic E-state index is -0.778. The predicted octanol–water partition coefficient (Wildman–Crippen LogP) is 3.79. The average molecular weight is 554 g/mol. The maximum absolute atomic E-state index is 13.8. The molecular weight excluding hydrogens is 504 g/mol. The second-order valence-corrected chi connectivity index (χ2v) is 12.7. The molecule has 8 nitrogen and oxygen atoms in total.